The lowest BCUT2D eigenvalue weighted by Gasteiger charge is -2.41. The molecule has 3 unspecified atom stereocenters. The Bertz CT molecular complexity index is 527. The van der Waals surface area contributed by atoms with Crippen LogP contribution in [0.3, 0.4) is 0 Å². The highest BCUT2D eigenvalue weighted by Crippen LogP contribution is 2.29. The fourth-order valence-electron chi connectivity index (χ4n) is 3.24. The minimum atomic E-state index is 0.0953. The largest absolute Gasteiger partial charge is 0.397 e. The number of nitrogen functional groups attached to an aromatic ring is 1. The van der Waals surface area contributed by atoms with E-state index >= 15 is 0 Å². The Morgan fingerprint density at radius 3 is 2.52 bits per heavy atom. The molecule has 116 valence electrons. The molecule has 0 spiro atoms. The van der Waals surface area contributed by atoms with E-state index in [2.05, 4.69) is 20.8 Å². The molecule has 1 heterocycles. The average molecular weight is 289 g/mol. The highest BCUT2D eigenvalue weighted by molar-refractivity contribution is 5.96. The number of piperidine rings is 1. The number of likely N-dealkylation sites (tertiary alicyclic amines) is 1. The van der Waals surface area contributed by atoms with Crippen molar-refractivity contribution in [3.8, 4) is 0 Å². The van der Waals surface area contributed by atoms with Crippen molar-refractivity contribution in [2.75, 3.05) is 31.3 Å². The van der Waals surface area contributed by atoms with Gasteiger partial charge in [-0.3, -0.25) is 4.79 Å². The Labute approximate surface area is 127 Å². The smallest absolute Gasteiger partial charge is 0.254 e. The Kier molecular flexibility index (Phi) is 4.45. The van der Waals surface area contributed by atoms with Crippen LogP contribution >= 0.6 is 0 Å². The van der Waals surface area contributed by atoms with Crippen LogP contribution in [0.25, 0.3) is 0 Å². The van der Waals surface area contributed by atoms with Gasteiger partial charge in [0, 0.05) is 32.2 Å². The zero-order valence-electron chi connectivity index (χ0n) is 13.8. The van der Waals surface area contributed by atoms with Crippen LogP contribution in [0.2, 0.25) is 0 Å². The van der Waals surface area contributed by atoms with Crippen LogP contribution in [0.15, 0.2) is 18.2 Å². The summed E-state index contributed by atoms with van der Waals surface area (Å²) < 4.78 is 0. The van der Waals surface area contributed by atoms with E-state index in [0.29, 0.717) is 23.1 Å². The van der Waals surface area contributed by atoms with Gasteiger partial charge in [0.05, 0.1) is 11.4 Å². The third kappa shape index (κ3) is 3.14. The van der Waals surface area contributed by atoms with Gasteiger partial charge >= 0.3 is 0 Å². The van der Waals surface area contributed by atoms with E-state index in [1.165, 1.54) is 6.42 Å². The molecule has 2 N–H and O–H groups in total. The summed E-state index contributed by atoms with van der Waals surface area (Å²) in [6, 6.07) is 5.88. The summed E-state index contributed by atoms with van der Waals surface area (Å²) in [5.74, 6) is 1.19. The zero-order valence-corrected chi connectivity index (χ0v) is 13.8. The summed E-state index contributed by atoms with van der Waals surface area (Å²) in [6.45, 7) is 7.42. The average Bonchev–Trinajstić information content (AvgIpc) is 2.41. The molecule has 4 nitrogen and oxygen atoms in total. The molecule has 0 aromatic heterocycles. The number of carbonyl (C=O) groups is 1. The lowest BCUT2D eigenvalue weighted by Crippen LogP contribution is -2.48. The van der Waals surface area contributed by atoms with Crippen LogP contribution in [0.5, 0.6) is 0 Å². The van der Waals surface area contributed by atoms with Gasteiger partial charge < -0.3 is 15.5 Å². The van der Waals surface area contributed by atoms with Crippen molar-refractivity contribution in [3.05, 3.63) is 23.8 Å². The van der Waals surface area contributed by atoms with Crippen molar-refractivity contribution in [1.29, 1.82) is 0 Å². The molecular formula is C17H27N3O. The van der Waals surface area contributed by atoms with Crippen LogP contribution in [-0.4, -0.2) is 37.5 Å². The second-order valence-corrected chi connectivity index (χ2v) is 6.68. The number of benzene rings is 1. The van der Waals surface area contributed by atoms with Gasteiger partial charge in [0.15, 0.2) is 0 Å². The first kappa shape index (κ1) is 15.7. The molecule has 0 radical (unpaired) electrons. The third-order valence-corrected chi connectivity index (χ3v) is 4.61. The van der Waals surface area contributed by atoms with Crippen molar-refractivity contribution in [3.63, 3.8) is 0 Å². The van der Waals surface area contributed by atoms with Gasteiger partial charge in [0.2, 0.25) is 0 Å². The molecule has 1 saturated heterocycles. The first-order valence-electron chi connectivity index (χ1n) is 7.69. The Morgan fingerprint density at radius 2 is 1.95 bits per heavy atom. The molecule has 1 aromatic carbocycles. The van der Waals surface area contributed by atoms with Gasteiger partial charge in [-0.15, -0.1) is 0 Å². The van der Waals surface area contributed by atoms with E-state index in [0.717, 1.165) is 12.2 Å². The van der Waals surface area contributed by atoms with Crippen LogP contribution < -0.4 is 10.6 Å². The van der Waals surface area contributed by atoms with E-state index in [1.807, 2.05) is 36.0 Å². The van der Waals surface area contributed by atoms with Crippen molar-refractivity contribution in [2.24, 2.45) is 11.8 Å². The second kappa shape index (κ2) is 5.96. The van der Waals surface area contributed by atoms with Crippen LogP contribution in [0.1, 0.15) is 37.6 Å². The van der Waals surface area contributed by atoms with Gasteiger partial charge in [-0.2, -0.15) is 0 Å². The molecule has 0 aliphatic carbocycles. The summed E-state index contributed by atoms with van der Waals surface area (Å²) >= 11 is 0. The fourth-order valence-corrected chi connectivity index (χ4v) is 3.24. The number of amides is 1. The summed E-state index contributed by atoms with van der Waals surface area (Å²) in [5, 5.41) is 0. The number of anilines is 2. The molecule has 0 bridgehead atoms. The molecule has 21 heavy (non-hydrogen) atoms. The molecule has 0 saturated carbocycles. The topological polar surface area (TPSA) is 49.6 Å². The first-order valence-corrected chi connectivity index (χ1v) is 7.69. The molecular weight excluding hydrogens is 262 g/mol. The van der Waals surface area contributed by atoms with E-state index in [4.69, 9.17) is 5.73 Å². The van der Waals surface area contributed by atoms with Crippen LogP contribution in [0.4, 0.5) is 11.4 Å². The fraction of sp³-hybridized carbons (Fsp3) is 0.588. The normalized spacial score (nSPS) is 25.8. The summed E-state index contributed by atoms with van der Waals surface area (Å²) in [6.07, 6.45) is 1.19. The maximum absolute atomic E-state index is 12.8. The molecule has 1 aliphatic rings. The minimum absolute atomic E-state index is 0.0953. The van der Waals surface area contributed by atoms with Gasteiger partial charge in [-0.25, -0.2) is 0 Å². The molecule has 1 fully saturated rings. The highest BCUT2D eigenvalue weighted by atomic mass is 16.2. The minimum Gasteiger partial charge on any atom is -0.397 e. The van der Waals surface area contributed by atoms with Gasteiger partial charge in [0.1, 0.15) is 0 Å². The van der Waals surface area contributed by atoms with E-state index < -0.39 is 0 Å². The maximum atomic E-state index is 12.8. The molecule has 1 aliphatic heterocycles. The van der Waals surface area contributed by atoms with Crippen LogP contribution in [0, 0.1) is 11.8 Å². The Morgan fingerprint density at radius 1 is 1.29 bits per heavy atom. The number of hydrogen-bond acceptors (Lipinski definition) is 3. The zero-order chi connectivity index (χ0) is 15.7. The summed E-state index contributed by atoms with van der Waals surface area (Å²) in [7, 11) is 3.90. The number of hydrogen-bond donors (Lipinski definition) is 1. The van der Waals surface area contributed by atoms with Gasteiger partial charge in [0.25, 0.3) is 5.91 Å². The number of nitrogens with zero attached hydrogens (tertiary/aromatic N) is 2. The van der Waals surface area contributed by atoms with E-state index in [1.54, 1.807) is 6.07 Å². The molecule has 4 heteroatoms. The Hall–Kier alpha value is -1.71. The maximum Gasteiger partial charge on any atom is 0.254 e. The molecule has 1 aromatic rings. The lowest BCUT2D eigenvalue weighted by molar-refractivity contribution is 0.0456. The molecule has 2 rings (SSSR count). The standard InChI is InChI=1S/C17H27N3O/c1-11-8-12(2)13(3)20(10-11)17(21)14-6-7-16(19(4)5)15(18)9-14/h6-7,9,11-13H,8,10,18H2,1-5H3. The predicted octanol–water partition coefficient (Wildman–Crippen LogP) is 2.84. The van der Waals surface area contributed by atoms with Crippen LogP contribution in [-0.2, 0) is 0 Å². The Balaban J connectivity index is 2.25. The monoisotopic (exact) mass is 289 g/mol. The SMILES string of the molecule is CC1CC(C)C(C)N(C(=O)c2ccc(N(C)C)c(N)c2)C1. The highest BCUT2D eigenvalue weighted by Gasteiger charge is 2.32. The number of carbonyl (C=O) groups excluding carboxylic acids is 1. The first-order chi connectivity index (χ1) is 9.81. The van der Waals surface area contributed by atoms with E-state index in [9.17, 15) is 4.79 Å². The van der Waals surface area contributed by atoms with Crippen molar-refractivity contribution in [2.45, 2.75) is 33.2 Å². The summed E-state index contributed by atoms with van der Waals surface area (Å²) in [4.78, 5) is 16.7. The second-order valence-electron chi connectivity index (χ2n) is 6.68. The predicted molar refractivity (Wildman–Crippen MR) is 88.6 cm³/mol. The van der Waals surface area contributed by atoms with E-state index in [-0.39, 0.29) is 11.9 Å². The number of rotatable bonds is 2. The summed E-state index contributed by atoms with van der Waals surface area (Å²) in [5.41, 5.74) is 8.35. The van der Waals surface area contributed by atoms with Crippen molar-refractivity contribution in [1.82, 2.24) is 4.90 Å². The third-order valence-electron chi connectivity index (χ3n) is 4.61. The quantitative estimate of drug-likeness (QED) is 0.852. The number of nitrogens with two attached hydrogens (primary N) is 1. The van der Waals surface area contributed by atoms with Crippen molar-refractivity contribution < 1.29 is 4.79 Å². The van der Waals surface area contributed by atoms with Gasteiger partial charge in [-0.05, 0) is 43.4 Å². The molecule has 3 atom stereocenters. The molecule has 1 amide bonds. The lowest BCUT2D eigenvalue weighted by atomic mass is 9.85. The van der Waals surface area contributed by atoms with Crippen molar-refractivity contribution >= 4 is 17.3 Å². The van der Waals surface area contributed by atoms with Gasteiger partial charge in [-0.1, -0.05) is 13.8 Å².